The lowest BCUT2D eigenvalue weighted by Gasteiger charge is -2.34. The summed E-state index contributed by atoms with van der Waals surface area (Å²) in [6.45, 7) is 4.91. The number of piperazine rings is 1. The van der Waals surface area contributed by atoms with Crippen molar-refractivity contribution in [2.75, 3.05) is 32.7 Å². The van der Waals surface area contributed by atoms with Gasteiger partial charge in [-0.15, -0.1) is 0 Å². The van der Waals surface area contributed by atoms with Crippen molar-refractivity contribution in [3.8, 4) is 5.75 Å². The van der Waals surface area contributed by atoms with Gasteiger partial charge < -0.3 is 5.11 Å². The van der Waals surface area contributed by atoms with Crippen molar-refractivity contribution in [3.05, 3.63) is 77.9 Å². The van der Waals surface area contributed by atoms with Gasteiger partial charge in [-0.3, -0.25) is 14.6 Å². The number of aromatic hydroxyl groups is 1. The summed E-state index contributed by atoms with van der Waals surface area (Å²) in [5.41, 5.74) is 4.41. The van der Waals surface area contributed by atoms with Gasteiger partial charge in [0.15, 0.2) is 0 Å². The molecule has 2 aliphatic rings. The highest BCUT2D eigenvalue weighted by molar-refractivity contribution is 5.85. The van der Waals surface area contributed by atoms with E-state index < -0.39 is 0 Å². The van der Waals surface area contributed by atoms with Crippen LogP contribution >= 0.6 is 0 Å². The number of phenolic OH excluding ortho intramolecular Hbond substituents is 1. The monoisotopic (exact) mass is 392 g/mol. The summed E-state index contributed by atoms with van der Waals surface area (Å²) in [7, 11) is 0. The SMILES string of the molecule is C1=CC1.O=C(CN1CCN(Cc2ccccc2)CC1)NN=Cc1ccccc1O. The van der Waals surface area contributed by atoms with Crippen molar-refractivity contribution in [1.82, 2.24) is 15.2 Å². The first kappa shape index (κ1) is 20.8. The maximum Gasteiger partial charge on any atom is 0.254 e. The highest BCUT2D eigenvalue weighted by Crippen LogP contribution is 2.12. The van der Waals surface area contributed by atoms with Gasteiger partial charge in [0.1, 0.15) is 5.75 Å². The van der Waals surface area contributed by atoms with E-state index >= 15 is 0 Å². The minimum Gasteiger partial charge on any atom is -0.507 e. The predicted molar refractivity (Wildman–Crippen MR) is 116 cm³/mol. The van der Waals surface area contributed by atoms with E-state index in [4.69, 9.17) is 0 Å². The number of carbonyl (C=O) groups excluding carboxylic acids is 1. The molecule has 0 saturated carbocycles. The highest BCUT2D eigenvalue weighted by Gasteiger charge is 2.18. The lowest BCUT2D eigenvalue weighted by molar-refractivity contribution is -0.122. The molecule has 1 aliphatic carbocycles. The molecule has 0 bridgehead atoms. The number of para-hydroxylation sites is 1. The summed E-state index contributed by atoms with van der Waals surface area (Å²) in [5.74, 6) is -0.00628. The molecule has 0 aromatic heterocycles. The van der Waals surface area contributed by atoms with Gasteiger partial charge in [-0.1, -0.05) is 54.6 Å². The number of amides is 1. The number of nitrogens with zero attached hydrogens (tertiary/aromatic N) is 3. The standard InChI is InChI=1S/C20H24N4O2.C3H4/c25-19-9-5-4-8-18(19)14-21-22-20(26)16-24-12-10-23(11-13-24)15-17-6-2-1-3-7-17;1-2-3-1/h1-9,14,25H,10-13,15-16H2,(H,22,26);1-2H,3H2. The fourth-order valence-corrected chi connectivity index (χ4v) is 2.96. The van der Waals surface area contributed by atoms with Crippen molar-refractivity contribution >= 4 is 12.1 Å². The average Bonchev–Trinajstić information content (AvgIpc) is 3.61. The first-order valence-corrected chi connectivity index (χ1v) is 9.94. The van der Waals surface area contributed by atoms with E-state index in [9.17, 15) is 9.90 Å². The van der Waals surface area contributed by atoms with Crippen LogP contribution in [0.15, 0.2) is 71.9 Å². The number of benzene rings is 2. The predicted octanol–water partition coefficient (Wildman–Crippen LogP) is 2.61. The summed E-state index contributed by atoms with van der Waals surface area (Å²) in [6, 6.07) is 17.3. The van der Waals surface area contributed by atoms with Crippen LogP contribution in [-0.2, 0) is 11.3 Å². The Bertz CT molecular complexity index is 824. The molecule has 6 nitrogen and oxygen atoms in total. The molecular formula is C23H28N4O2. The Labute approximate surface area is 172 Å². The largest absolute Gasteiger partial charge is 0.507 e. The van der Waals surface area contributed by atoms with Gasteiger partial charge in [0.05, 0.1) is 12.8 Å². The third-order valence-corrected chi connectivity index (χ3v) is 4.65. The summed E-state index contributed by atoms with van der Waals surface area (Å²) in [5, 5.41) is 13.6. The van der Waals surface area contributed by atoms with Crippen LogP contribution in [0.1, 0.15) is 17.5 Å². The lowest BCUT2D eigenvalue weighted by Crippen LogP contribution is -2.48. The minimum atomic E-state index is -0.145. The molecule has 1 heterocycles. The Balaban J connectivity index is 0.000000732. The summed E-state index contributed by atoms with van der Waals surface area (Å²) < 4.78 is 0. The van der Waals surface area contributed by atoms with E-state index in [-0.39, 0.29) is 11.7 Å². The quantitative estimate of drug-likeness (QED) is 0.451. The zero-order valence-electron chi connectivity index (χ0n) is 16.6. The second kappa shape index (κ2) is 11.1. The Morgan fingerprint density at radius 2 is 1.59 bits per heavy atom. The van der Waals surface area contributed by atoms with Gasteiger partial charge in [0.2, 0.25) is 0 Å². The Hall–Kier alpha value is -2.96. The molecule has 2 aromatic carbocycles. The average molecular weight is 393 g/mol. The summed E-state index contributed by atoms with van der Waals surface area (Å²) in [4.78, 5) is 16.6. The number of hydrazone groups is 1. The molecule has 2 aromatic rings. The molecule has 6 heteroatoms. The van der Waals surface area contributed by atoms with Crippen molar-refractivity contribution in [2.24, 2.45) is 5.10 Å². The molecule has 152 valence electrons. The van der Waals surface area contributed by atoms with Gasteiger partial charge in [-0.05, 0) is 24.1 Å². The Morgan fingerprint density at radius 3 is 2.24 bits per heavy atom. The van der Waals surface area contributed by atoms with Crippen LogP contribution < -0.4 is 5.43 Å². The fraction of sp³-hybridized carbons (Fsp3) is 0.304. The van der Waals surface area contributed by atoms with Crippen molar-refractivity contribution in [1.29, 1.82) is 0 Å². The molecule has 1 amide bonds. The molecule has 29 heavy (non-hydrogen) atoms. The fourth-order valence-electron chi connectivity index (χ4n) is 2.96. The van der Waals surface area contributed by atoms with Crippen LogP contribution in [0, 0.1) is 0 Å². The third kappa shape index (κ3) is 7.89. The third-order valence-electron chi connectivity index (χ3n) is 4.65. The second-order valence-electron chi connectivity index (χ2n) is 7.10. The number of allylic oxidation sites excluding steroid dienone is 2. The Kier molecular flexibility index (Phi) is 7.98. The molecule has 2 N–H and O–H groups in total. The van der Waals surface area contributed by atoms with E-state index in [0.29, 0.717) is 12.1 Å². The van der Waals surface area contributed by atoms with Gasteiger partial charge in [0.25, 0.3) is 5.91 Å². The number of hydrogen-bond donors (Lipinski definition) is 2. The van der Waals surface area contributed by atoms with E-state index in [1.165, 1.54) is 18.2 Å². The van der Waals surface area contributed by atoms with Crippen LogP contribution in [0.25, 0.3) is 0 Å². The number of hydrogen-bond acceptors (Lipinski definition) is 5. The topological polar surface area (TPSA) is 68.2 Å². The molecule has 0 spiro atoms. The van der Waals surface area contributed by atoms with Gasteiger partial charge in [0, 0.05) is 38.3 Å². The smallest absolute Gasteiger partial charge is 0.254 e. The van der Waals surface area contributed by atoms with Gasteiger partial charge in [-0.2, -0.15) is 5.10 Å². The minimum absolute atomic E-state index is 0.139. The Morgan fingerprint density at radius 1 is 0.966 bits per heavy atom. The van der Waals surface area contributed by atoms with E-state index in [2.05, 4.69) is 56.7 Å². The molecule has 1 saturated heterocycles. The van der Waals surface area contributed by atoms with Crippen molar-refractivity contribution in [2.45, 2.75) is 13.0 Å². The van der Waals surface area contributed by atoms with Crippen LogP contribution in [0.2, 0.25) is 0 Å². The second-order valence-corrected chi connectivity index (χ2v) is 7.10. The summed E-state index contributed by atoms with van der Waals surface area (Å²) in [6.07, 6.45) is 6.95. The maximum atomic E-state index is 12.0. The molecule has 0 unspecified atom stereocenters. The van der Waals surface area contributed by atoms with Crippen LogP contribution in [0.3, 0.4) is 0 Å². The van der Waals surface area contributed by atoms with Crippen molar-refractivity contribution in [3.63, 3.8) is 0 Å². The van der Waals surface area contributed by atoms with Crippen LogP contribution in [-0.4, -0.2) is 59.8 Å². The summed E-state index contributed by atoms with van der Waals surface area (Å²) >= 11 is 0. The molecule has 0 radical (unpaired) electrons. The van der Waals surface area contributed by atoms with Gasteiger partial charge in [-0.25, -0.2) is 5.43 Å². The molecule has 1 fully saturated rings. The van der Waals surface area contributed by atoms with E-state index in [1.54, 1.807) is 24.3 Å². The zero-order valence-corrected chi connectivity index (χ0v) is 16.6. The first-order valence-electron chi connectivity index (χ1n) is 9.94. The van der Waals surface area contributed by atoms with Gasteiger partial charge >= 0.3 is 0 Å². The molecule has 1 aliphatic heterocycles. The number of rotatable bonds is 6. The molecular weight excluding hydrogens is 364 g/mol. The van der Waals surface area contributed by atoms with Crippen LogP contribution in [0.4, 0.5) is 0 Å². The van der Waals surface area contributed by atoms with Crippen molar-refractivity contribution < 1.29 is 9.90 Å². The first-order chi connectivity index (χ1) is 14.2. The number of nitrogens with one attached hydrogen (secondary N) is 1. The molecule has 0 atom stereocenters. The molecule has 4 rings (SSSR count). The van der Waals surface area contributed by atoms with Crippen LogP contribution in [0.5, 0.6) is 5.75 Å². The maximum absolute atomic E-state index is 12.0. The van der Waals surface area contributed by atoms with E-state index in [0.717, 1.165) is 32.7 Å². The zero-order chi connectivity index (χ0) is 20.3. The number of carbonyl (C=O) groups is 1. The number of phenols is 1. The highest BCUT2D eigenvalue weighted by atomic mass is 16.3. The lowest BCUT2D eigenvalue weighted by atomic mass is 10.2. The van der Waals surface area contributed by atoms with E-state index in [1.807, 2.05) is 6.07 Å². The normalized spacial score (nSPS) is 16.3.